The van der Waals surface area contributed by atoms with E-state index in [2.05, 4.69) is 46.1 Å². The van der Waals surface area contributed by atoms with Gasteiger partial charge in [-0.3, -0.25) is 0 Å². The Kier molecular flexibility index (Phi) is 4.51. The maximum Gasteiger partial charge on any atom is 0.142 e. The smallest absolute Gasteiger partial charge is 0.142 e. The molecule has 18 heavy (non-hydrogen) atoms. The van der Waals surface area contributed by atoms with Crippen molar-refractivity contribution in [1.82, 2.24) is 5.32 Å². The Hall–Kier alpha value is -0.740. The fraction of sp³-hybridized carbons (Fsp3) is 0.571. The van der Waals surface area contributed by atoms with Gasteiger partial charge in [0.1, 0.15) is 5.75 Å². The van der Waals surface area contributed by atoms with Crippen molar-refractivity contribution in [2.75, 3.05) is 31.6 Å². The Bertz CT molecular complexity index is 409. The van der Waals surface area contributed by atoms with Gasteiger partial charge in [-0.1, -0.05) is 29.8 Å². The van der Waals surface area contributed by atoms with E-state index in [0.29, 0.717) is 12.0 Å². The standard InChI is InChI=1S/C14H21BrN2O/c1-10(2)13-9-16-6-7-17(13)12-8-11(15)4-5-14(12)18-3/h4-5,8,10,13,16H,6-7,9H2,1-3H3. The van der Waals surface area contributed by atoms with Crippen LogP contribution >= 0.6 is 15.9 Å². The number of rotatable bonds is 3. The van der Waals surface area contributed by atoms with Crippen molar-refractivity contribution in [2.24, 2.45) is 5.92 Å². The Labute approximate surface area is 118 Å². The Morgan fingerprint density at radius 1 is 1.44 bits per heavy atom. The van der Waals surface area contributed by atoms with Crippen molar-refractivity contribution in [3.05, 3.63) is 22.7 Å². The highest BCUT2D eigenvalue weighted by atomic mass is 79.9. The molecule has 2 rings (SSSR count). The number of hydrogen-bond donors (Lipinski definition) is 1. The van der Waals surface area contributed by atoms with Gasteiger partial charge >= 0.3 is 0 Å². The summed E-state index contributed by atoms with van der Waals surface area (Å²) in [6.07, 6.45) is 0. The fourth-order valence-corrected chi connectivity index (χ4v) is 2.86. The minimum Gasteiger partial charge on any atom is -0.495 e. The highest BCUT2D eigenvalue weighted by Gasteiger charge is 2.27. The minimum absolute atomic E-state index is 0.516. The number of ether oxygens (including phenoxy) is 1. The molecule has 0 aliphatic carbocycles. The molecule has 1 N–H and O–H groups in total. The molecule has 4 heteroatoms. The fourth-order valence-electron chi connectivity index (χ4n) is 2.51. The largest absolute Gasteiger partial charge is 0.495 e. The van der Waals surface area contributed by atoms with E-state index in [1.807, 2.05) is 12.1 Å². The molecule has 0 amide bonds. The summed E-state index contributed by atoms with van der Waals surface area (Å²) >= 11 is 3.55. The van der Waals surface area contributed by atoms with Crippen LogP contribution in [0.15, 0.2) is 22.7 Å². The van der Waals surface area contributed by atoms with Crippen LogP contribution in [0.1, 0.15) is 13.8 Å². The van der Waals surface area contributed by atoms with E-state index >= 15 is 0 Å². The highest BCUT2D eigenvalue weighted by molar-refractivity contribution is 9.10. The summed E-state index contributed by atoms with van der Waals surface area (Å²) in [5.74, 6) is 1.56. The summed E-state index contributed by atoms with van der Waals surface area (Å²) in [6.45, 7) is 7.63. The molecule has 0 bridgehead atoms. The Balaban J connectivity index is 2.35. The van der Waals surface area contributed by atoms with Crippen molar-refractivity contribution in [1.29, 1.82) is 0 Å². The average Bonchev–Trinajstić information content (AvgIpc) is 2.38. The molecule has 3 nitrogen and oxygen atoms in total. The van der Waals surface area contributed by atoms with Gasteiger partial charge in [-0.2, -0.15) is 0 Å². The number of nitrogens with one attached hydrogen (secondary N) is 1. The van der Waals surface area contributed by atoms with Gasteiger partial charge in [0, 0.05) is 30.1 Å². The van der Waals surface area contributed by atoms with Crippen LogP contribution in [-0.2, 0) is 0 Å². The van der Waals surface area contributed by atoms with Crippen LogP contribution < -0.4 is 15.0 Å². The lowest BCUT2D eigenvalue weighted by atomic mass is 9.99. The van der Waals surface area contributed by atoms with Crippen molar-refractivity contribution < 1.29 is 4.74 Å². The SMILES string of the molecule is COc1ccc(Br)cc1N1CCNCC1C(C)C. The van der Waals surface area contributed by atoms with Crippen LogP contribution in [0.25, 0.3) is 0 Å². The first-order chi connectivity index (χ1) is 8.63. The number of hydrogen-bond acceptors (Lipinski definition) is 3. The lowest BCUT2D eigenvalue weighted by molar-refractivity contribution is 0.377. The van der Waals surface area contributed by atoms with Gasteiger partial charge in [0.2, 0.25) is 0 Å². The van der Waals surface area contributed by atoms with Crippen LogP contribution in [0.2, 0.25) is 0 Å². The Morgan fingerprint density at radius 3 is 2.89 bits per heavy atom. The molecule has 1 aliphatic heterocycles. The molecule has 0 radical (unpaired) electrons. The topological polar surface area (TPSA) is 24.5 Å². The number of methoxy groups -OCH3 is 1. The van der Waals surface area contributed by atoms with E-state index < -0.39 is 0 Å². The first kappa shape index (κ1) is 13.7. The zero-order valence-corrected chi connectivity index (χ0v) is 12.8. The van der Waals surface area contributed by atoms with Crippen LogP contribution in [0, 0.1) is 5.92 Å². The quantitative estimate of drug-likeness (QED) is 0.929. The maximum atomic E-state index is 5.50. The van der Waals surface area contributed by atoms with Crippen molar-refractivity contribution in [2.45, 2.75) is 19.9 Å². The van der Waals surface area contributed by atoms with Crippen LogP contribution in [-0.4, -0.2) is 32.8 Å². The first-order valence-corrected chi connectivity index (χ1v) is 7.23. The molecule has 1 atom stereocenters. The third-order valence-corrected chi connectivity index (χ3v) is 4.00. The van der Waals surface area contributed by atoms with Gasteiger partial charge in [0.25, 0.3) is 0 Å². The van der Waals surface area contributed by atoms with E-state index in [1.165, 1.54) is 5.69 Å². The lowest BCUT2D eigenvalue weighted by Gasteiger charge is -2.40. The number of benzene rings is 1. The predicted octanol–water partition coefficient (Wildman–Crippen LogP) is 2.89. The third kappa shape index (κ3) is 2.81. The average molecular weight is 313 g/mol. The van der Waals surface area contributed by atoms with E-state index in [9.17, 15) is 0 Å². The molecule has 1 aliphatic rings. The second-order valence-corrected chi connectivity index (χ2v) is 5.94. The number of piperazine rings is 1. The molecule has 1 unspecified atom stereocenters. The second kappa shape index (κ2) is 5.93. The van der Waals surface area contributed by atoms with Crippen LogP contribution in [0.4, 0.5) is 5.69 Å². The summed E-state index contributed by atoms with van der Waals surface area (Å²) in [7, 11) is 1.74. The third-order valence-electron chi connectivity index (χ3n) is 3.50. The number of anilines is 1. The van der Waals surface area contributed by atoms with E-state index in [1.54, 1.807) is 7.11 Å². The molecule has 0 aromatic heterocycles. The van der Waals surface area contributed by atoms with Crippen molar-refractivity contribution in [3.63, 3.8) is 0 Å². The molecular weight excluding hydrogens is 292 g/mol. The van der Waals surface area contributed by atoms with Gasteiger partial charge in [-0.15, -0.1) is 0 Å². The summed E-state index contributed by atoms with van der Waals surface area (Å²) in [5, 5.41) is 3.47. The van der Waals surface area contributed by atoms with Crippen molar-refractivity contribution >= 4 is 21.6 Å². The van der Waals surface area contributed by atoms with Gasteiger partial charge < -0.3 is 15.0 Å². The van der Waals surface area contributed by atoms with E-state index in [0.717, 1.165) is 29.9 Å². The van der Waals surface area contributed by atoms with E-state index in [-0.39, 0.29) is 0 Å². The highest BCUT2D eigenvalue weighted by Crippen LogP contribution is 2.34. The minimum atomic E-state index is 0.516. The summed E-state index contributed by atoms with van der Waals surface area (Å²) in [4.78, 5) is 2.46. The lowest BCUT2D eigenvalue weighted by Crippen LogP contribution is -2.53. The van der Waals surface area contributed by atoms with Crippen LogP contribution in [0.5, 0.6) is 5.75 Å². The first-order valence-electron chi connectivity index (χ1n) is 6.44. The van der Waals surface area contributed by atoms with Crippen LogP contribution in [0.3, 0.4) is 0 Å². The van der Waals surface area contributed by atoms with E-state index in [4.69, 9.17) is 4.74 Å². The summed E-state index contributed by atoms with van der Waals surface area (Å²) in [5.41, 5.74) is 1.19. The molecule has 1 saturated heterocycles. The zero-order valence-electron chi connectivity index (χ0n) is 11.2. The molecule has 1 heterocycles. The summed E-state index contributed by atoms with van der Waals surface area (Å²) in [6, 6.07) is 6.72. The molecular formula is C14H21BrN2O. The second-order valence-electron chi connectivity index (χ2n) is 5.03. The normalized spacial score (nSPS) is 20.3. The molecule has 100 valence electrons. The molecule has 0 saturated carbocycles. The molecule has 0 spiro atoms. The summed E-state index contributed by atoms with van der Waals surface area (Å²) < 4.78 is 6.60. The monoisotopic (exact) mass is 312 g/mol. The Morgan fingerprint density at radius 2 is 2.22 bits per heavy atom. The molecule has 1 fully saturated rings. The van der Waals surface area contributed by atoms with Crippen molar-refractivity contribution in [3.8, 4) is 5.75 Å². The molecule has 1 aromatic carbocycles. The maximum absolute atomic E-state index is 5.50. The molecule has 1 aromatic rings. The van der Waals surface area contributed by atoms with Gasteiger partial charge in [-0.25, -0.2) is 0 Å². The number of nitrogens with zero attached hydrogens (tertiary/aromatic N) is 1. The zero-order chi connectivity index (χ0) is 13.1. The number of halogens is 1. The van der Waals surface area contributed by atoms with Gasteiger partial charge in [0.05, 0.1) is 12.8 Å². The van der Waals surface area contributed by atoms with Gasteiger partial charge in [-0.05, 0) is 24.1 Å². The predicted molar refractivity (Wildman–Crippen MR) is 79.5 cm³/mol. The van der Waals surface area contributed by atoms with Gasteiger partial charge in [0.15, 0.2) is 0 Å².